The van der Waals surface area contributed by atoms with Gasteiger partial charge in [0.25, 0.3) is 5.91 Å². The van der Waals surface area contributed by atoms with Gasteiger partial charge in [0.15, 0.2) is 0 Å². The summed E-state index contributed by atoms with van der Waals surface area (Å²) in [5.41, 5.74) is 2.81. The smallest absolute Gasteiger partial charge is 0.255 e. The number of likely N-dealkylation sites (tertiary alicyclic amines) is 1. The third-order valence-electron chi connectivity index (χ3n) is 4.58. The molecule has 1 aliphatic heterocycles. The first-order chi connectivity index (χ1) is 11.6. The fraction of sp³-hybridized carbons (Fsp3) is 0.368. The number of carbonyl (C=O) groups is 2. The lowest BCUT2D eigenvalue weighted by molar-refractivity contribution is -0.133. The highest BCUT2D eigenvalue weighted by atomic mass is 16.3. The zero-order valence-electron chi connectivity index (χ0n) is 14.0. The van der Waals surface area contributed by atoms with Gasteiger partial charge < -0.3 is 14.6 Å². The Hall–Kier alpha value is -2.56. The average Bonchev–Trinajstić information content (AvgIpc) is 3.26. The van der Waals surface area contributed by atoms with Crippen LogP contribution >= 0.6 is 0 Å². The van der Waals surface area contributed by atoms with Crippen LogP contribution < -0.4 is 5.32 Å². The summed E-state index contributed by atoms with van der Waals surface area (Å²) >= 11 is 0. The number of aryl methyl sites for hydroxylation is 1. The molecule has 0 spiro atoms. The molecule has 5 heteroatoms. The van der Waals surface area contributed by atoms with E-state index in [1.54, 1.807) is 13.0 Å². The Kier molecular flexibility index (Phi) is 4.69. The normalized spacial score (nSPS) is 18.4. The monoisotopic (exact) mass is 326 g/mol. The Morgan fingerprint density at radius 1 is 1.29 bits per heavy atom. The van der Waals surface area contributed by atoms with Crippen LogP contribution in [0.25, 0.3) is 0 Å². The van der Waals surface area contributed by atoms with Crippen LogP contribution in [0.2, 0.25) is 0 Å². The highest BCUT2D eigenvalue weighted by Crippen LogP contribution is 2.33. The maximum absolute atomic E-state index is 12.8. The molecule has 0 radical (unpaired) electrons. The number of rotatable bonds is 4. The zero-order chi connectivity index (χ0) is 17.1. The van der Waals surface area contributed by atoms with Crippen LogP contribution in [0.5, 0.6) is 0 Å². The fourth-order valence-electron chi connectivity index (χ4n) is 3.30. The van der Waals surface area contributed by atoms with Gasteiger partial charge in [-0.25, -0.2) is 0 Å². The lowest BCUT2D eigenvalue weighted by Gasteiger charge is -2.29. The lowest BCUT2D eigenvalue weighted by atomic mass is 9.99. The van der Waals surface area contributed by atoms with E-state index < -0.39 is 6.04 Å². The zero-order valence-corrected chi connectivity index (χ0v) is 14.0. The van der Waals surface area contributed by atoms with E-state index in [9.17, 15) is 9.59 Å². The third-order valence-corrected chi connectivity index (χ3v) is 4.58. The van der Waals surface area contributed by atoms with Gasteiger partial charge in [-0.3, -0.25) is 9.59 Å². The predicted molar refractivity (Wildman–Crippen MR) is 90.5 cm³/mol. The number of nitrogens with one attached hydrogen (secondary N) is 1. The van der Waals surface area contributed by atoms with Crippen molar-refractivity contribution in [1.82, 2.24) is 10.2 Å². The van der Waals surface area contributed by atoms with E-state index in [0.717, 1.165) is 19.4 Å². The van der Waals surface area contributed by atoms with Gasteiger partial charge >= 0.3 is 0 Å². The van der Waals surface area contributed by atoms with E-state index >= 15 is 0 Å². The highest BCUT2D eigenvalue weighted by Gasteiger charge is 2.33. The largest absolute Gasteiger partial charge is 0.472 e. The van der Waals surface area contributed by atoms with Crippen molar-refractivity contribution in [2.24, 2.45) is 0 Å². The van der Waals surface area contributed by atoms with E-state index in [2.05, 4.69) is 24.4 Å². The number of nitrogens with zero attached hydrogens (tertiary/aromatic N) is 1. The number of hydrogen-bond donors (Lipinski definition) is 1. The first-order valence-corrected chi connectivity index (χ1v) is 8.27. The molecule has 2 amide bonds. The third kappa shape index (κ3) is 3.20. The summed E-state index contributed by atoms with van der Waals surface area (Å²) in [7, 11) is 0. The molecule has 1 fully saturated rings. The number of furan rings is 1. The standard InChI is InChI=1S/C19H22N2O3/c1-13-6-3-4-7-16(13)17-8-5-10-21(17)19(23)14(2)20-18(22)15-9-11-24-12-15/h3-4,6-7,9,11-12,14,17H,5,8,10H2,1-2H3,(H,20,22). The molecule has 2 aromatic rings. The molecule has 1 N–H and O–H groups in total. The summed E-state index contributed by atoms with van der Waals surface area (Å²) in [6.45, 7) is 4.53. The van der Waals surface area contributed by atoms with Gasteiger partial charge in [0.1, 0.15) is 12.3 Å². The van der Waals surface area contributed by atoms with E-state index in [1.165, 1.54) is 23.7 Å². The molecule has 2 unspecified atom stereocenters. The molecular formula is C19H22N2O3. The molecule has 5 nitrogen and oxygen atoms in total. The van der Waals surface area contributed by atoms with E-state index in [-0.39, 0.29) is 17.9 Å². The van der Waals surface area contributed by atoms with Gasteiger partial charge in [0.2, 0.25) is 5.91 Å². The summed E-state index contributed by atoms with van der Waals surface area (Å²) in [5.74, 6) is -0.339. The maximum atomic E-state index is 12.8. The molecule has 1 aromatic carbocycles. The van der Waals surface area contributed by atoms with E-state index in [4.69, 9.17) is 4.42 Å². The molecule has 24 heavy (non-hydrogen) atoms. The fourth-order valence-corrected chi connectivity index (χ4v) is 3.30. The minimum atomic E-state index is -0.572. The van der Waals surface area contributed by atoms with Crippen LogP contribution in [-0.4, -0.2) is 29.3 Å². The van der Waals surface area contributed by atoms with Crippen molar-refractivity contribution in [3.63, 3.8) is 0 Å². The highest BCUT2D eigenvalue weighted by molar-refractivity contribution is 5.97. The SMILES string of the molecule is Cc1ccccc1C1CCCN1C(=O)C(C)NC(=O)c1ccoc1. The van der Waals surface area contributed by atoms with Gasteiger partial charge in [-0.2, -0.15) is 0 Å². The lowest BCUT2D eigenvalue weighted by Crippen LogP contribution is -2.46. The molecule has 3 rings (SSSR count). The number of carbonyl (C=O) groups excluding carboxylic acids is 2. The van der Waals surface area contributed by atoms with Crippen molar-refractivity contribution in [3.05, 3.63) is 59.5 Å². The summed E-state index contributed by atoms with van der Waals surface area (Å²) in [5, 5.41) is 2.76. The predicted octanol–water partition coefficient (Wildman–Crippen LogP) is 3.07. The van der Waals surface area contributed by atoms with E-state index in [0.29, 0.717) is 5.56 Å². The second kappa shape index (κ2) is 6.91. The Labute approximate surface area is 141 Å². The van der Waals surface area contributed by atoms with Crippen molar-refractivity contribution in [3.8, 4) is 0 Å². The van der Waals surface area contributed by atoms with Crippen LogP contribution in [0.4, 0.5) is 0 Å². The molecule has 1 aliphatic rings. The Morgan fingerprint density at radius 3 is 2.79 bits per heavy atom. The van der Waals surface area contributed by atoms with Crippen LogP contribution in [0.3, 0.4) is 0 Å². The first kappa shape index (κ1) is 16.3. The summed E-state index contributed by atoms with van der Waals surface area (Å²) in [4.78, 5) is 26.8. The maximum Gasteiger partial charge on any atom is 0.255 e. The van der Waals surface area contributed by atoms with Crippen LogP contribution in [0.15, 0.2) is 47.3 Å². The Balaban J connectivity index is 1.71. The van der Waals surface area contributed by atoms with Crippen molar-refractivity contribution in [2.75, 3.05) is 6.54 Å². The van der Waals surface area contributed by atoms with Crippen LogP contribution in [0, 0.1) is 6.92 Å². The molecular weight excluding hydrogens is 304 g/mol. The second-order valence-electron chi connectivity index (χ2n) is 6.25. The second-order valence-corrected chi connectivity index (χ2v) is 6.25. The van der Waals surface area contributed by atoms with Crippen molar-refractivity contribution < 1.29 is 14.0 Å². The molecule has 0 saturated carbocycles. The minimum Gasteiger partial charge on any atom is -0.472 e. The van der Waals surface area contributed by atoms with Gasteiger partial charge in [-0.1, -0.05) is 24.3 Å². The first-order valence-electron chi connectivity index (χ1n) is 8.27. The van der Waals surface area contributed by atoms with E-state index in [1.807, 2.05) is 17.0 Å². The molecule has 126 valence electrons. The molecule has 1 aromatic heterocycles. The number of benzene rings is 1. The van der Waals surface area contributed by atoms with Crippen molar-refractivity contribution in [1.29, 1.82) is 0 Å². The molecule has 2 atom stereocenters. The van der Waals surface area contributed by atoms with Gasteiger partial charge in [-0.05, 0) is 43.9 Å². The Morgan fingerprint density at radius 2 is 2.08 bits per heavy atom. The van der Waals surface area contributed by atoms with Crippen molar-refractivity contribution >= 4 is 11.8 Å². The quantitative estimate of drug-likeness (QED) is 0.939. The summed E-state index contributed by atoms with van der Waals surface area (Å²) in [6.07, 6.45) is 4.75. The van der Waals surface area contributed by atoms with Gasteiger partial charge in [0.05, 0.1) is 17.9 Å². The molecule has 2 heterocycles. The van der Waals surface area contributed by atoms with Gasteiger partial charge in [-0.15, -0.1) is 0 Å². The van der Waals surface area contributed by atoms with Crippen LogP contribution in [0.1, 0.15) is 47.3 Å². The van der Waals surface area contributed by atoms with Crippen molar-refractivity contribution in [2.45, 2.75) is 38.8 Å². The average molecular weight is 326 g/mol. The summed E-state index contributed by atoms with van der Waals surface area (Å²) < 4.78 is 4.91. The summed E-state index contributed by atoms with van der Waals surface area (Å²) in [6, 6.07) is 9.27. The van der Waals surface area contributed by atoms with Crippen LogP contribution in [-0.2, 0) is 4.79 Å². The molecule has 0 bridgehead atoms. The number of hydrogen-bond acceptors (Lipinski definition) is 3. The molecule has 0 aliphatic carbocycles. The Bertz CT molecular complexity index is 724. The topological polar surface area (TPSA) is 62.6 Å². The molecule has 1 saturated heterocycles. The minimum absolute atomic E-state index is 0.0439. The number of amides is 2. The van der Waals surface area contributed by atoms with Gasteiger partial charge in [0, 0.05) is 6.54 Å².